The van der Waals surface area contributed by atoms with Crippen LogP contribution >= 0.6 is 0 Å². The first kappa shape index (κ1) is 9.97. The van der Waals surface area contributed by atoms with Crippen LogP contribution in [0.1, 0.15) is 30.9 Å². The Hall–Kier alpha value is -1.57. The Morgan fingerprint density at radius 2 is 2.20 bits per heavy atom. The minimum absolute atomic E-state index is 0.128. The monoisotopic (exact) mass is 202 g/mol. The molecule has 2 rings (SSSR count). The Balaban J connectivity index is 2.02. The first-order valence-electron chi connectivity index (χ1n) is 5.28. The van der Waals surface area contributed by atoms with Crippen LogP contribution in [0, 0.1) is 0 Å². The van der Waals surface area contributed by atoms with Crippen LogP contribution in [0.15, 0.2) is 30.0 Å². The maximum Gasteiger partial charge on any atom is 0.310 e. The van der Waals surface area contributed by atoms with Crippen molar-refractivity contribution >= 4 is 12.0 Å². The SMILES string of the molecule is CCCC(=O)OC1=Cc2ccccc2C1. The highest BCUT2D eigenvalue weighted by atomic mass is 16.5. The predicted molar refractivity (Wildman–Crippen MR) is 59.1 cm³/mol. The van der Waals surface area contributed by atoms with Gasteiger partial charge in [-0.3, -0.25) is 4.79 Å². The number of hydrogen-bond acceptors (Lipinski definition) is 2. The van der Waals surface area contributed by atoms with Crippen molar-refractivity contribution in [2.75, 3.05) is 0 Å². The molecule has 0 heterocycles. The number of benzene rings is 1. The van der Waals surface area contributed by atoms with E-state index in [9.17, 15) is 4.79 Å². The Labute approximate surface area is 89.6 Å². The summed E-state index contributed by atoms with van der Waals surface area (Å²) in [6, 6.07) is 8.10. The average molecular weight is 202 g/mol. The number of rotatable bonds is 3. The van der Waals surface area contributed by atoms with E-state index in [0.29, 0.717) is 6.42 Å². The number of carbonyl (C=O) groups excluding carboxylic acids is 1. The van der Waals surface area contributed by atoms with Crippen molar-refractivity contribution in [2.45, 2.75) is 26.2 Å². The molecule has 0 unspecified atom stereocenters. The summed E-state index contributed by atoms with van der Waals surface area (Å²) in [4.78, 5) is 11.3. The summed E-state index contributed by atoms with van der Waals surface area (Å²) in [7, 11) is 0. The second-order valence-corrected chi connectivity index (χ2v) is 3.71. The normalized spacial score (nSPS) is 13.3. The fourth-order valence-corrected chi connectivity index (χ4v) is 1.72. The van der Waals surface area contributed by atoms with Crippen LogP contribution in [0.3, 0.4) is 0 Å². The maximum absolute atomic E-state index is 11.3. The number of hydrogen-bond donors (Lipinski definition) is 0. The number of allylic oxidation sites excluding steroid dienone is 1. The highest BCUT2D eigenvalue weighted by Gasteiger charge is 2.15. The molecule has 2 nitrogen and oxygen atoms in total. The van der Waals surface area contributed by atoms with E-state index in [1.165, 1.54) is 5.56 Å². The smallest absolute Gasteiger partial charge is 0.310 e. The molecule has 0 amide bonds. The standard InChI is InChI=1S/C13H14O2/c1-2-5-13(14)15-12-8-10-6-3-4-7-11(10)9-12/h3-4,6-8H,2,5,9H2,1H3. The molecule has 2 heteroatoms. The largest absolute Gasteiger partial charge is 0.431 e. The van der Waals surface area contributed by atoms with Gasteiger partial charge in [0, 0.05) is 12.8 Å². The Morgan fingerprint density at radius 1 is 1.40 bits per heavy atom. The van der Waals surface area contributed by atoms with Crippen molar-refractivity contribution in [1.29, 1.82) is 0 Å². The Kier molecular flexibility index (Phi) is 2.86. The summed E-state index contributed by atoms with van der Waals surface area (Å²) in [6.45, 7) is 1.97. The van der Waals surface area contributed by atoms with Crippen molar-refractivity contribution < 1.29 is 9.53 Å². The van der Waals surface area contributed by atoms with Gasteiger partial charge in [0.25, 0.3) is 0 Å². The molecule has 0 saturated heterocycles. The highest BCUT2D eigenvalue weighted by Crippen LogP contribution is 2.25. The van der Waals surface area contributed by atoms with E-state index in [0.717, 1.165) is 24.2 Å². The summed E-state index contributed by atoms with van der Waals surface area (Å²) in [5.74, 6) is 0.645. The summed E-state index contributed by atoms with van der Waals surface area (Å²) >= 11 is 0. The summed E-state index contributed by atoms with van der Waals surface area (Å²) < 4.78 is 5.26. The summed E-state index contributed by atoms with van der Waals surface area (Å²) in [5.41, 5.74) is 2.40. The number of carbonyl (C=O) groups is 1. The zero-order valence-electron chi connectivity index (χ0n) is 8.82. The van der Waals surface area contributed by atoms with E-state index < -0.39 is 0 Å². The van der Waals surface area contributed by atoms with Crippen LogP contribution in [0.5, 0.6) is 0 Å². The van der Waals surface area contributed by atoms with E-state index in [1.54, 1.807) is 0 Å². The Morgan fingerprint density at radius 3 is 2.93 bits per heavy atom. The lowest BCUT2D eigenvalue weighted by molar-refractivity contribution is -0.139. The molecule has 1 aliphatic carbocycles. The molecule has 1 aliphatic rings. The third kappa shape index (κ3) is 2.27. The van der Waals surface area contributed by atoms with Gasteiger partial charge in [0.05, 0.1) is 0 Å². The van der Waals surface area contributed by atoms with Gasteiger partial charge in [0.15, 0.2) is 0 Å². The molecule has 0 radical (unpaired) electrons. The molecule has 0 aliphatic heterocycles. The van der Waals surface area contributed by atoms with Gasteiger partial charge in [-0.25, -0.2) is 0 Å². The third-order valence-corrected chi connectivity index (χ3v) is 2.44. The van der Waals surface area contributed by atoms with E-state index >= 15 is 0 Å². The zero-order valence-corrected chi connectivity index (χ0v) is 8.82. The molecule has 78 valence electrons. The van der Waals surface area contributed by atoms with Gasteiger partial charge in [-0.15, -0.1) is 0 Å². The van der Waals surface area contributed by atoms with E-state index in [1.807, 2.05) is 31.2 Å². The van der Waals surface area contributed by atoms with E-state index in [2.05, 4.69) is 6.07 Å². The second kappa shape index (κ2) is 4.30. The van der Waals surface area contributed by atoms with Crippen LogP contribution in [-0.4, -0.2) is 5.97 Å². The molecule has 0 bridgehead atoms. The lowest BCUT2D eigenvalue weighted by Crippen LogP contribution is -2.03. The molecule has 0 N–H and O–H groups in total. The molecular formula is C13H14O2. The number of ether oxygens (including phenoxy) is 1. The molecular weight excluding hydrogens is 188 g/mol. The molecule has 1 aromatic carbocycles. The zero-order chi connectivity index (χ0) is 10.7. The first-order valence-corrected chi connectivity index (χ1v) is 5.28. The van der Waals surface area contributed by atoms with Crippen molar-refractivity contribution in [3.8, 4) is 0 Å². The molecule has 1 aromatic rings. The van der Waals surface area contributed by atoms with Crippen molar-refractivity contribution in [3.63, 3.8) is 0 Å². The molecule has 0 atom stereocenters. The van der Waals surface area contributed by atoms with Crippen LogP contribution in [0.4, 0.5) is 0 Å². The van der Waals surface area contributed by atoms with Crippen molar-refractivity contribution in [1.82, 2.24) is 0 Å². The van der Waals surface area contributed by atoms with Gasteiger partial charge in [-0.2, -0.15) is 0 Å². The quantitative estimate of drug-likeness (QED) is 0.704. The van der Waals surface area contributed by atoms with Gasteiger partial charge in [0.1, 0.15) is 5.76 Å². The topological polar surface area (TPSA) is 26.3 Å². The lowest BCUT2D eigenvalue weighted by Gasteiger charge is -2.03. The van der Waals surface area contributed by atoms with Crippen LogP contribution in [0.2, 0.25) is 0 Å². The minimum atomic E-state index is -0.128. The predicted octanol–water partition coefficient (Wildman–Crippen LogP) is 2.93. The van der Waals surface area contributed by atoms with Gasteiger partial charge in [0.2, 0.25) is 0 Å². The minimum Gasteiger partial charge on any atom is -0.431 e. The van der Waals surface area contributed by atoms with Gasteiger partial charge < -0.3 is 4.74 Å². The van der Waals surface area contributed by atoms with E-state index in [-0.39, 0.29) is 5.97 Å². The van der Waals surface area contributed by atoms with Crippen LogP contribution < -0.4 is 0 Å². The number of esters is 1. The fourth-order valence-electron chi connectivity index (χ4n) is 1.72. The molecule has 0 aromatic heterocycles. The van der Waals surface area contributed by atoms with Crippen LogP contribution in [0.25, 0.3) is 6.08 Å². The third-order valence-electron chi connectivity index (χ3n) is 2.44. The maximum atomic E-state index is 11.3. The van der Waals surface area contributed by atoms with Crippen molar-refractivity contribution in [3.05, 3.63) is 41.2 Å². The number of fused-ring (bicyclic) bond motifs is 1. The van der Waals surface area contributed by atoms with E-state index in [4.69, 9.17) is 4.74 Å². The average Bonchev–Trinajstić information content (AvgIpc) is 2.59. The van der Waals surface area contributed by atoms with Crippen molar-refractivity contribution in [2.24, 2.45) is 0 Å². The van der Waals surface area contributed by atoms with Crippen LogP contribution in [-0.2, 0) is 16.0 Å². The highest BCUT2D eigenvalue weighted by molar-refractivity contribution is 5.73. The summed E-state index contributed by atoms with van der Waals surface area (Å²) in [6.07, 6.45) is 4.02. The molecule has 0 saturated carbocycles. The van der Waals surface area contributed by atoms with Gasteiger partial charge in [-0.05, 0) is 23.6 Å². The lowest BCUT2D eigenvalue weighted by atomic mass is 10.1. The molecule has 0 spiro atoms. The Bertz CT molecular complexity index is 405. The molecule has 15 heavy (non-hydrogen) atoms. The van der Waals surface area contributed by atoms with Gasteiger partial charge in [-0.1, -0.05) is 31.2 Å². The molecule has 0 fully saturated rings. The first-order chi connectivity index (χ1) is 7.29. The summed E-state index contributed by atoms with van der Waals surface area (Å²) in [5, 5.41) is 0. The fraction of sp³-hybridized carbons (Fsp3) is 0.308. The second-order valence-electron chi connectivity index (χ2n) is 3.71. The van der Waals surface area contributed by atoms with Gasteiger partial charge >= 0.3 is 5.97 Å².